The fourth-order valence-electron chi connectivity index (χ4n) is 3.93. The zero-order valence-corrected chi connectivity index (χ0v) is 19.2. The molecule has 8 heteroatoms. The highest BCUT2D eigenvalue weighted by Gasteiger charge is 2.27. The molecular weight excluding hydrogens is 434 g/mol. The molecule has 3 amide bonds. The van der Waals surface area contributed by atoms with Gasteiger partial charge in [0, 0.05) is 36.8 Å². The Hall–Kier alpha value is -3.70. The minimum Gasteiger partial charge on any atom is -0.334 e. The van der Waals surface area contributed by atoms with Crippen molar-refractivity contribution in [3.05, 3.63) is 82.0 Å². The first-order valence-electron chi connectivity index (χ1n) is 10.9. The van der Waals surface area contributed by atoms with E-state index < -0.39 is 0 Å². The van der Waals surface area contributed by atoms with Crippen LogP contribution in [0.3, 0.4) is 0 Å². The van der Waals surface area contributed by atoms with Gasteiger partial charge in [-0.25, -0.2) is 4.79 Å². The maximum Gasteiger partial charge on any atom is 0.318 e. The predicted octanol–water partition coefficient (Wildman–Crippen LogP) is 4.41. The second kappa shape index (κ2) is 10.3. The molecule has 2 N–H and O–H groups in total. The molecule has 4 rings (SSSR count). The molecule has 1 aromatic carbocycles. The molecule has 0 fully saturated rings. The van der Waals surface area contributed by atoms with E-state index in [0.29, 0.717) is 43.0 Å². The number of nitrogens with zero attached hydrogens (tertiary/aromatic N) is 3. The van der Waals surface area contributed by atoms with E-state index in [9.17, 15) is 14.9 Å². The molecule has 7 nitrogen and oxygen atoms in total. The van der Waals surface area contributed by atoms with Crippen molar-refractivity contribution in [1.82, 2.24) is 15.2 Å². The fourth-order valence-corrected chi connectivity index (χ4v) is 5.16. The molecule has 0 aliphatic carbocycles. The number of nitriles is 1. The van der Waals surface area contributed by atoms with E-state index in [2.05, 4.69) is 21.7 Å². The number of anilines is 1. The topological polar surface area (TPSA) is 98.1 Å². The molecule has 1 aliphatic heterocycles. The van der Waals surface area contributed by atoms with Crippen LogP contribution in [0.15, 0.2) is 54.9 Å². The Bertz CT molecular complexity index is 1170. The largest absolute Gasteiger partial charge is 0.334 e. The highest BCUT2D eigenvalue weighted by molar-refractivity contribution is 7.16. The third kappa shape index (κ3) is 5.38. The standard InChI is InChI=1S/C25H25N5O2S/c1-17(19-7-3-2-4-8-19)12-23(31)29-24-21(13-26)20-9-11-30(16-22(20)33-24)25(32)28-15-18-6-5-10-27-14-18/h2-8,10,14,17H,9,11-12,15-16H2,1H3,(H,28,32)(H,29,31)/t17-/m0/s1. The van der Waals surface area contributed by atoms with Gasteiger partial charge in [0.25, 0.3) is 0 Å². The van der Waals surface area contributed by atoms with Crippen LogP contribution < -0.4 is 10.6 Å². The van der Waals surface area contributed by atoms with Crippen LogP contribution in [0.1, 0.15) is 46.4 Å². The summed E-state index contributed by atoms with van der Waals surface area (Å²) in [6.45, 7) is 3.37. The van der Waals surface area contributed by atoms with Gasteiger partial charge in [0.2, 0.25) is 5.91 Å². The first kappa shape index (κ1) is 22.5. The Labute approximate surface area is 197 Å². The van der Waals surface area contributed by atoms with Crippen molar-refractivity contribution in [2.24, 2.45) is 0 Å². The molecule has 2 aromatic heterocycles. The summed E-state index contributed by atoms with van der Waals surface area (Å²) in [7, 11) is 0. The van der Waals surface area contributed by atoms with Gasteiger partial charge < -0.3 is 15.5 Å². The molecule has 3 aromatic rings. The zero-order chi connectivity index (χ0) is 23.2. The highest BCUT2D eigenvalue weighted by Crippen LogP contribution is 2.37. The van der Waals surface area contributed by atoms with Crippen LogP contribution in [0, 0.1) is 11.3 Å². The third-order valence-electron chi connectivity index (χ3n) is 5.74. The summed E-state index contributed by atoms with van der Waals surface area (Å²) < 4.78 is 0. The van der Waals surface area contributed by atoms with Crippen molar-refractivity contribution in [3.63, 3.8) is 0 Å². The van der Waals surface area contributed by atoms with Crippen molar-refractivity contribution in [2.75, 3.05) is 11.9 Å². The van der Waals surface area contributed by atoms with Gasteiger partial charge in [-0.3, -0.25) is 9.78 Å². The van der Waals surface area contributed by atoms with Crippen molar-refractivity contribution in [3.8, 4) is 6.07 Å². The van der Waals surface area contributed by atoms with Crippen LogP contribution in [0.5, 0.6) is 0 Å². The molecule has 0 unspecified atom stereocenters. The van der Waals surface area contributed by atoms with Crippen LogP contribution in [0.2, 0.25) is 0 Å². The van der Waals surface area contributed by atoms with E-state index in [-0.39, 0.29) is 17.9 Å². The average molecular weight is 460 g/mol. The molecule has 1 atom stereocenters. The fraction of sp³-hybridized carbons (Fsp3) is 0.280. The van der Waals surface area contributed by atoms with Crippen molar-refractivity contribution in [1.29, 1.82) is 5.26 Å². The molecular formula is C25H25N5O2S. The van der Waals surface area contributed by atoms with Gasteiger partial charge >= 0.3 is 6.03 Å². The number of carbonyl (C=O) groups is 2. The zero-order valence-electron chi connectivity index (χ0n) is 18.4. The number of benzene rings is 1. The lowest BCUT2D eigenvalue weighted by Crippen LogP contribution is -2.42. The lowest BCUT2D eigenvalue weighted by molar-refractivity contribution is -0.116. The maximum absolute atomic E-state index is 12.7. The number of carbonyl (C=O) groups excluding carboxylic acids is 2. The Kier molecular flexibility index (Phi) is 7.01. The van der Waals surface area contributed by atoms with E-state index in [0.717, 1.165) is 21.6 Å². The second-order valence-corrected chi connectivity index (χ2v) is 9.18. The van der Waals surface area contributed by atoms with Crippen LogP contribution in [-0.2, 0) is 24.3 Å². The molecule has 168 valence electrons. The van der Waals surface area contributed by atoms with Gasteiger partial charge in [0.15, 0.2) is 0 Å². The maximum atomic E-state index is 12.7. The van der Waals surface area contributed by atoms with Gasteiger partial charge in [-0.1, -0.05) is 43.3 Å². The lowest BCUT2D eigenvalue weighted by Gasteiger charge is -2.27. The Morgan fingerprint density at radius 3 is 2.79 bits per heavy atom. The number of hydrogen-bond donors (Lipinski definition) is 2. The number of thiophene rings is 1. The quantitative estimate of drug-likeness (QED) is 0.570. The van der Waals surface area contributed by atoms with E-state index >= 15 is 0 Å². The number of hydrogen-bond acceptors (Lipinski definition) is 5. The van der Waals surface area contributed by atoms with E-state index in [4.69, 9.17) is 0 Å². The number of nitrogens with one attached hydrogen (secondary N) is 2. The van der Waals surface area contributed by atoms with Gasteiger partial charge in [0.1, 0.15) is 11.1 Å². The number of rotatable bonds is 6. The SMILES string of the molecule is C[C@@H](CC(=O)Nc1sc2c(c1C#N)CCN(C(=O)NCc1cccnc1)C2)c1ccccc1. The molecule has 3 heterocycles. The van der Waals surface area contributed by atoms with Gasteiger partial charge in [-0.2, -0.15) is 5.26 Å². The first-order chi connectivity index (χ1) is 16.0. The summed E-state index contributed by atoms with van der Waals surface area (Å²) in [6.07, 6.45) is 4.34. The van der Waals surface area contributed by atoms with Crippen molar-refractivity contribution in [2.45, 2.75) is 38.8 Å². The minimum absolute atomic E-state index is 0.0744. The summed E-state index contributed by atoms with van der Waals surface area (Å²) in [6, 6.07) is 15.7. The Balaban J connectivity index is 1.39. The summed E-state index contributed by atoms with van der Waals surface area (Å²) in [4.78, 5) is 32.1. The number of pyridine rings is 1. The monoisotopic (exact) mass is 459 g/mol. The van der Waals surface area contributed by atoms with Gasteiger partial charge in [0.05, 0.1) is 12.1 Å². The first-order valence-corrected chi connectivity index (χ1v) is 11.7. The third-order valence-corrected chi connectivity index (χ3v) is 6.87. The molecule has 0 saturated carbocycles. The Morgan fingerprint density at radius 2 is 2.06 bits per heavy atom. The molecule has 0 bridgehead atoms. The van der Waals surface area contributed by atoms with Crippen molar-refractivity contribution < 1.29 is 9.59 Å². The molecule has 0 radical (unpaired) electrons. The number of aromatic nitrogens is 1. The average Bonchev–Trinajstić information content (AvgIpc) is 3.19. The molecule has 0 saturated heterocycles. The van der Waals surface area contributed by atoms with E-state index in [1.54, 1.807) is 17.3 Å². The summed E-state index contributed by atoms with van der Waals surface area (Å²) in [5.41, 5.74) is 3.49. The summed E-state index contributed by atoms with van der Waals surface area (Å²) in [5, 5.41) is 16.2. The molecule has 0 spiro atoms. The van der Waals surface area contributed by atoms with Crippen LogP contribution in [0.25, 0.3) is 0 Å². The minimum atomic E-state index is -0.154. The van der Waals surface area contributed by atoms with E-state index in [1.165, 1.54) is 11.3 Å². The van der Waals surface area contributed by atoms with Crippen LogP contribution >= 0.6 is 11.3 Å². The summed E-state index contributed by atoms with van der Waals surface area (Å²) in [5.74, 6) is -0.0437. The molecule has 1 aliphatic rings. The summed E-state index contributed by atoms with van der Waals surface area (Å²) >= 11 is 1.39. The number of amides is 3. The van der Waals surface area contributed by atoms with Gasteiger partial charge in [-0.05, 0) is 35.1 Å². The lowest BCUT2D eigenvalue weighted by atomic mass is 9.97. The highest BCUT2D eigenvalue weighted by atomic mass is 32.1. The van der Waals surface area contributed by atoms with Gasteiger partial charge in [-0.15, -0.1) is 11.3 Å². The predicted molar refractivity (Wildman–Crippen MR) is 128 cm³/mol. The normalized spacial score (nSPS) is 13.5. The second-order valence-electron chi connectivity index (χ2n) is 8.08. The molecule has 33 heavy (non-hydrogen) atoms. The number of fused-ring (bicyclic) bond motifs is 1. The van der Waals surface area contributed by atoms with Crippen molar-refractivity contribution >= 4 is 28.3 Å². The van der Waals surface area contributed by atoms with Crippen LogP contribution in [-0.4, -0.2) is 28.4 Å². The number of urea groups is 1. The van der Waals surface area contributed by atoms with E-state index in [1.807, 2.05) is 49.4 Å². The van der Waals surface area contributed by atoms with Crippen LogP contribution in [0.4, 0.5) is 9.80 Å². The smallest absolute Gasteiger partial charge is 0.318 e. The Morgan fingerprint density at radius 1 is 1.24 bits per heavy atom.